The summed E-state index contributed by atoms with van der Waals surface area (Å²) in [6.07, 6.45) is 1.43. The zero-order chi connectivity index (χ0) is 17.8. The van der Waals surface area contributed by atoms with Crippen LogP contribution in [0.25, 0.3) is 5.76 Å². The molecule has 0 saturated carbocycles. The Hall–Kier alpha value is -3.21. The molecule has 5 heteroatoms. The smallest absolute Gasteiger partial charge is 0.338 e. The lowest BCUT2D eigenvalue weighted by atomic mass is 10.1. The first kappa shape index (κ1) is 16.6. The Morgan fingerprint density at radius 2 is 1.76 bits per heavy atom. The van der Waals surface area contributed by atoms with Crippen LogP contribution in [0.1, 0.15) is 28.4 Å². The number of aliphatic imine (C=N–C) groups is 1. The molecule has 0 atom stereocenters. The summed E-state index contributed by atoms with van der Waals surface area (Å²) >= 11 is 0. The lowest BCUT2D eigenvalue weighted by Gasteiger charge is -2.04. The number of ketones is 1. The first-order chi connectivity index (χ1) is 12.1. The molecule has 0 unspecified atom stereocenters. The molecule has 2 aromatic rings. The van der Waals surface area contributed by atoms with Gasteiger partial charge < -0.3 is 9.47 Å². The second-order valence-electron chi connectivity index (χ2n) is 5.53. The molecular formula is C20H17NO4. The normalized spacial score (nSPS) is 15.0. The van der Waals surface area contributed by atoms with Gasteiger partial charge in [-0.25, -0.2) is 9.79 Å². The lowest BCUT2D eigenvalue weighted by molar-refractivity contribution is -0.109. The summed E-state index contributed by atoms with van der Waals surface area (Å²) in [6, 6.07) is 14.2. The molecule has 25 heavy (non-hydrogen) atoms. The van der Waals surface area contributed by atoms with E-state index in [0.29, 0.717) is 23.6 Å². The van der Waals surface area contributed by atoms with Crippen LogP contribution in [0.4, 0.5) is 5.69 Å². The van der Waals surface area contributed by atoms with Crippen LogP contribution in [0.2, 0.25) is 0 Å². The second-order valence-corrected chi connectivity index (χ2v) is 5.53. The molecule has 126 valence electrons. The molecule has 0 aliphatic carbocycles. The molecule has 0 fully saturated rings. The van der Waals surface area contributed by atoms with Gasteiger partial charge in [-0.1, -0.05) is 29.8 Å². The minimum atomic E-state index is -0.391. The van der Waals surface area contributed by atoms with Gasteiger partial charge in [-0.2, -0.15) is 0 Å². The van der Waals surface area contributed by atoms with Gasteiger partial charge in [0.05, 0.1) is 17.9 Å². The van der Waals surface area contributed by atoms with E-state index >= 15 is 0 Å². The molecular weight excluding hydrogens is 318 g/mol. The summed E-state index contributed by atoms with van der Waals surface area (Å²) in [5.41, 5.74) is 2.91. The van der Waals surface area contributed by atoms with E-state index in [4.69, 9.17) is 9.47 Å². The quantitative estimate of drug-likeness (QED) is 0.796. The van der Waals surface area contributed by atoms with Crippen LogP contribution in [0.15, 0.2) is 59.6 Å². The summed E-state index contributed by atoms with van der Waals surface area (Å²) in [7, 11) is 0. The van der Waals surface area contributed by atoms with Gasteiger partial charge in [0.1, 0.15) is 5.76 Å². The summed E-state index contributed by atoms with van der Waals surface area (Å²) in [5.74, 6) is -0.186. The Kier molecular flexibility index (Phi) is 4.75. The van der Waals surface area contributed by atoms with Crippen molar-refractivity contribution in [1.29, 1.82) is 0 Å². The molecule has 2 aromatic carbocycles. The van der Waals surface area contributed by atoms with Gasteiger partial charge in [-0.15, -0.1) is 0 Å². The standard InChI is InChI=1S/C20H17NO4/c1-3-24-20(23)15-8-10-16(11-9-15)21-19-17(22)12-18(25-19)14-6-4-13(2)5-7-14/h4-12H,3H2,1-2H3. The van der Waals surface area contributed by atoms with E-state index in [-0.39, 0.29) is 11.7 Å². The first-order valence-corrected chi connectivity index (χ1v) is 7.93. The van der Waals surface area contributed by atoms with E-state index < -0.39 is 5.97 Å². The van der Waals surface area contributed by atoms with E-state index in [1.165, 1.54) is 6.08 Å². The second kappa shape index (κ2) is 7.13. The Balaban J connectivity index is 1.75. The maximum Gasteiger partial charge on any atom is 0.338 e. The molecule has 1 aliphatic rings. The molecule has 0 N–H and O–H groups in total. The van der Waals surface area contributed by atoms with Crippen molar-refractivity contribution in [3.05, 3.63) is 71.3 Å². The zero-order valence-electron chi connectivity index (χ0n) is 14.0. The molecule has 1 aliphatic heterocycles. The maximum atomic E-state index is 12.1. The Bertz CT molecular complexity index is 862. The maximum absolute atomic E-state index is 12.1. The van der Waals surface area contributed by atoms with Crippen LogP contribution in [0, 0.1) is 6.92 Å². The van der Waals surface area contributed by atoms with Crippen molar-refractivity contribution in [1.82, 2.24) is 0 Å². The predicted molar refractivity (Wildman–Crippen MR) is 94.7 cm³/mol. The first-order valence-electron chi connectivity index (χ1n) is 7.93. The van der Waals surface area contributed by atoms with Gasteiger partial charge in [0.15, 0.2) is 0 Å². The van der Waals surface area contributed by atoms with Crippen LogP contribution in [0.3, 0.4) is 0 Å². The van der Waals surface area contributed by atoms with Crippen molar-refractivity contribution < 1.29 is 19.1 Å². The SMILES string of the molecule is CCOC(=O)c1ccc(N=C2OC(c3ccc(C)cc3)=CC2=O)cc1. The minimum absolute atomic E-state index is 0.0134. The van der Waals surface area contributed by atoms with Crippen LogP contribution in [0.5, 0.6) is 0 Å². The van der Waals surface area contributed by atoms with Gasteiger partial charge in [0.25, 0.3) is 5.90 Å². The zero-order valence-corrected chi connectivity index (χ0v) is 14.0. The fraction of sp³-hybridized carbons (Fsp3) is 0.150. The molecule has 0 bridgehead atoms. The molecule has 0 spiro atoms. The van der Waals surface area contributed by atoms with Crippen molar-refractivity contribution in [2.24, 2.45) is 4.99 Å². The summed E-state index contributed by atoms with van der Waals surface area (Å²) in [6.45, 7) is 4.06. The number of benzene rings is 2. The number of aryl methyl sites for hydroxylation is 1. The van der Waals surface area contributed by atoms with Crippen molar-refractivity contribution in [3.8, 4) is 0 Å². The Morgan fingerprint density at radius 1 is 1.08 bits per heavy atom. The fourth-order valence-corrected chi connectivity index (χ4v) is 2.31. The largest absolute Gasteiger partial charge is 0.462 e. The van der Waals surface area contributed by atoms with E-state index in [1.54, 1.807) is 31.2 Å². The van der Waals surface area contributed by atoms with Crippen molar-refractivity contribution in [3.63, 3.8) is 0 Å². The Morgan fingerprint density at radius 3 is 2.40 bits per heavy atom. The van der Waals surface area contributed by atoms with Crippen molar-refractivity contribution in [2.45, 2.75) is 13.8 Å². The van der Waals surface area contributed by atoms with Gasteiger partial charge >= 0.3 is 5.97 Å². The van der Waals surface area contributed by atoms with Crippen molar-refractivity contribution >= 4 is 29.1 Å². The number of rotatable bonds is 4. The molecule has 3 rings (SSSR count). The number of hydrogen-bond donors (Lipinski definition) is 0. The van der Waals surface area contributed by atoms with Gasteiger partial charge in [0, 0.05) is 11.6 Å². The fourth-order valence-electron chi connectivity index (χ4n) is 2.31. The highest BCUT2D eigenvalue weighted by Crippen LogP contribution is 2.24. The minimum Gasteiger partial charge on any atom is -0.462 e. The summed E-state index contributed by atoms with van der Waals surface area (Å²) in [4.78, 5) is 27.9. The van der Waals surface area contributed by atoms with Gasteiger partial charge in [-0.3, -0.25) is 4.79 Å². The average Bonchev–Trinajstić information content (AvgIpc) is 2.97. The summed E-state index contributed by atoms with van der Waals surface area (Å²) in [5, 5.41) is 0. The number of hydrogen-bond acceptors (Lipinski definition) is 5. The van der Waals surface area contributed by atoms with E-state index in [9.17, 15) is 9.59 Å². The Labute approximate surface area is 145 Å². The molecule has 0 saturated heterocycles. The molecule has 0 amide bonds. The number of esters is 1. The van der Waals surface area contributed by atoms with E-state index in [1.807, 2.05) is 31.2 Å². The average molecular weight is 335 g/mol. The highest BCUT2D eigenvalue weighted by atomic mass is 16.5. The number of ether oxygens (including phenoxy) is 2. The van der Waals surface area contributed by atoms with Gasteiger partial charge in [-0.05, 0) is 38.1 Å². The van der Waals surface area contributed by atoms with Crippen molar-refractivity contribution in [2.75, 3.05) is 6.61 Å². The third-order valence-corrected chi connectivity index (χ3v) is 3.62. The number of carbonyl (C=O) groups is 2. The summed E-state index contributed by atoms with van der Waals surface area (Å²) < 4.78 is 10.5. The van der Waals surface area contributed by atoms with E-state index in [2.05, 4.69) is 4.99 Å². The van der Waals surface area contributed by atoms with Crippen LogP contribution < -0.4 is 0 Å². The third-order valence-electron chi connectivity index (χ3n) is 3.62. The van der Waals surface area contributed by atoms with E-state index in [0.717, 1.165) is 11.1 Å². The number of nitrogens with zero attached hydrogens (tertiary/aromatic N) is 1. The van der Waals surface area contributed by atoms with Crippen LogP contribution in [-0.4, -0.2) is 24.3 Å². The monoisotopic (exact) mass is 335 g/mol. The molecule has 0 aromatic heterocycles. The third kappa shape index (κ3) is 3.83. The highest BCUT2D eigenvalue weighted by molar-refractivity contribution is 6.45. The lowest BCUT2D eigenvalue weighted by Crippen LogP contribution is -2.07. The van der Waals surface area contributed by atoms with Gasteiger partial charge in [0.2, 0.25) is 5.78 Å². The molecule has 0 radical (unpaired) electrons. The highest BCUT2D eigenvalue weighted by Gasteiger charge is 2.23. The predicted octanol–water partition coefficient (Wildman–Crippen LogP) is 3.84. The van der Waals surface area contributed by atoms with Crippen LogP contribution in [-0.2, 0) is 14.3 Å². The topological polar surface area (TPSA) is 65.0 Å². The number of carbonyl (C=O) groups excluding carboxylic acids is 2. The molecule has 1 heterocycles. The van der Waals surface area contributed by atoms with Crippen LogP contribution >= 0.6 is 0 Å². The molecule has 5 nitrogen and oxygen atoms in total.